The van der Waals surface area contributed by atoms with Crippen molar-refractivity contribution in [2.24, 2.45) is 0 Å². The maximum atomic E-state index is 6.68. The molecular formula is C67H42N2O. The summed E-state index contributed by atoms with van der Waals surface area (Å²) in [5, 5.41) is 4.78. The molecule has 1 spiro atoms. The lowest BCUT2D eigenvalue weighted by atomic mass is 9.65. The van der Waals surface area contributed by atoms with Gasteiger partial charge in [-0.2, -0.15) is 0 Å². The molecule has 1 atom stereocenters. The number of para-hydroxylation sites is 6. The van der Waals surface area contributed by atoms with E-state index in [-0.39, 0.29) is 0 Å². The average Bonchev–Trinajstić information content (AvgIpc) is 4.09. The zero-order chi connectivity index (χ0) is 45.9. The molecule has 1 aliphatic heterocycles. The van der Waals surface area contributed by atoms with Crippen LogP contribution in [0.3, 0.4) is 0 Å². The van der Waals surface area contributed by atoms with Gasteiger partial charge in [0.15, 0.2) is 0 Å². The van der Waals surface area contributed by atoms with Crippen molar-refractivity contribution in [3.05, 3.63) is 277 Å². The molecule has 0 radical (unpaired) electrons. The summed E-state index contributed by atoms with van der Waals surface area (Å²) in [6, 6.07) is 93.7. The number of anilines is 3. The fourth-order valence-corrected chi connectivity index (χ4v) is 12.4. The molecule has 1 unspecified atom stereocenters. The number of furan rings is 1. The smallest absolute Gasteiger partial charge is 0.143 e. The van der Waals surface area contributed by atoms with Crippen molar-refractivity contribution in [3.63, 3.8) is 0 Å². The van der Waals surface area contributed by atoms with E-state index in [1.165, 1.54) is 72.0 Å². The Kier molecular flexibility index (Phi) is 8.28. The van der Waals surface area contributed by atoms with Crippen molar-refractivity contribution in [1.82, 2.24) is 4.57 Å². The predicted molar refractivity (Wildman–Crippen MR) is 290 cm³/mol. The van der Waals surface area contributed by atoms with Crippen LogP contribution in [0.4, 0.5) is 17.1 Å². The number of hydrogen-bond donors (Lipinski definition) is 0. The van der Waals surface area contributed by atoms with E-state index < -0.39 is 5.41 Å². The highest BCUT2D eigenvalue weighted by molar-refractivity contribution is 6.14. The van der Waals surface area contributed by atoms with Crippen LogP contribution in [-0.2, 0) is 5.41 Å². The van der Waals surface area contributed by atoms with Crippen molar-refractivity contribution in [3.8, 4) is 50.2 Å². The summed E-state index contributed by atoms with van der Waals surface area (Å²) in [6.07, 6.45) is 0. The van der Waals surface area contributed by atoms with E-state index in [9.17, 15) is 0 Å². The topological polar surface area (TPSA) is 21.3 Å². The third kappa shape index (κ3) is 5.34. The number of benzene rings is 11. The highest BCUT2D eigenvalue weighted by atomic mass is 16.3. The van der Waals surface area contributed by atoms with Crippen molar-refractivity contribution < 1.29 is 4.42 Å². The Morgan fingerprint density at radius 2 is 0.943 bits per heavy atom. The summed E-state index contributed by atoms with van der Waals surface area (Å²) >= 11 is 0. The van der Waals surface area contributed by atoms with Gasteiger partial charge in [0.2, 0.25) is 0 Å². The maximum Gasteiger partial charge on any atom is 0.143 e. The van der Waals surface area contributed by atoms with Crippen molar-refractivity contribution in [2.75, 3.05) is 4.90 Å². The van der Waals surface area contributed by atoms with Crippen LogP contribution in [0.15, 0.2) is 259 Å². The Hall–Kier alpha value is -9.18. The first-order valence-corrected chi connectivity index (χ1v) is 24.2. The maximum absolute atomic E-state index is 6.68. The number of hydrogen-bond acceptors (Lipinski definition) is 2. The van der Waals surface area contributed by atoms with Crippen molar-refractivity contribution in [2.45, 2.75) is 5.41 Å². The summed E-state index contributed by atoms with van der Waals surface area (Å²) < 4.78 is 9.20. The molecule has 11 aromatic carbocycles. The Morgan fingerprint density at radius 3 is 1.86 bits per heavy atom. The minimum atomic E-state index is -0.601. The number of aromatic nitrogens is 1. The van der Waals surface area contributed by atoms with Gasteiger partial charge in [-0.1, -0.05) is 206 Å². The normalized spacial score (nSPS) is 14.3. The van der Waals surface area contributed by atoms with E-state index in [1.54, 1.807) is 0 Å². The molecule has 15 rings (SSSR count). The molecule has 0 saturated carbocycles. The van der Waals surface area contributed by atoms with Gasteiger partial charge in [0, 0.05) is 43.9 Å². The zero-order valence-corrected chi connectivity index (χ0v) is 38.1. The third-order valence-electron chi connectivity index (χ3n) is 15.2. The van der Waals surface area contributed by atoms with Gasteiger partial charge in [0.1, 0.15) is 11.2 Å². The summed E-state index contributed by atoms with van der Waals surface area (Å²) in [6.45, 7) is 0. The van der Waals surface area contributed by atoms with Crippen LogP contribution in [0.25, 0.3) is 93.9 Å². The molecule has 0 fully saturated rings. The van der Waals surface area contributed by atoms with Crippen LogP contribution in [0, 0.1) is 0 Å². The molecule has 2 aromatic heterocycles. The molecule has 2 aliphatic rings. The Balaban J connectivity index is 1.02. The largest absolute Gasteiger partial charge is 0.455 e. The second kappa shape index (κ2) is 14.9. The van der Waals surface area contributed by atoms with E-state index in [2.05, 4.69) is 258 Å². The number of nitrogens with zero attached hydrogens (tertiary/aromatic N) is 2. The lowest BCUT2D eigenvalue weighted by molar-refractivity contribution is 0.670. The Morgan fingerprint density at radius 1 is 0.357 bits per heavy atom. The van der Waals surface area contributed by atoms with Crippen LogP contribution in [0.1, 0.15) is 22.3 Å². The molecule has 1 aliphatic carbocycles. The molecule has 3 heterocycles. The molecule has 0 bridgehead atoms. The zero-order valence-electron chi connectivity index (χ0n) is 38.1. The predicted octanol–water partition coefficient (Wildman–Crippen LogP) is 17.8. The molecule has 13 aromatic rings. The summed E-state index contributed by atoms with van der Waals surface area (Å²) in [7, 11) is 0. The first-order chi connectivity index (χ1) is 34.8. The standard InChI is InChI=1S/C67H42N2O/c1-2-19-43(20-3-1)44-21-14-22-45(41-44)48-25-5-10-36-59(48)68(47-24-15-23-46(42-47)49-29-16-31-53-51-27-7-13-40-63(51)70-66(49)53)62-39-18-34-57-64(62)54-28-4-8-32-55(54)67(57)56-33-9-12-38-61(56)69-60-37-11-6-26-50(60)52-30-17-35-58(67)65(52)69/h1-42H. The fourth-order valence-electron chi connectivity index (χ4n) is 12.4. The lowest BCUT2D eigenvalue weighted by Crippen LogP contribution is -2.33. The number of rotatable bonds is 6. The first-order valence-electron chi connectivity index (χ1n) is 24.2. The van der Waals surface area contributed by atoms with E-state index >= 15 is 0 Å². The summed E-state index contributed by atoms with van der Waals surface area (Å²) in [5.41, 5.74) is 22.6. The van der Waals surface area contributed by atoms with E-state index in [4.69, 9.17) is 4.42 Å². The van der Waals surface area contributed by atoms with Gasteiger partial charge >= 0.3 is 0 Å². The summed E-state index contributed by atoms with van der Waals surface area (Å²) in [5.74, 6) is 0. The van der Waals surface area contributed by atoms with Gasteiger partial charge in [0.05, 0.1) is 33.5 Å². The van der Waals surface area contributed by atoms with Crippen molar-refractivity contribution in [1.29, 1.82) is 0 Å². The Bertz CT molecular complexity index is 4270. The molecule has 326 valence electrons. The quantitative estimate of drug-likeness (QED) is 0.166. The monoisotopic (exact) mass is 890 g/mol. The van der Waals surface area contributed by atoms with Crippen LogP contribution in [-0.4, -0.2) is 4.57 Å². The van der Waals surface area contributed by atoms with Gasteiger partial charge in [-0.3, -0.25) is 0 Å². The van der Waals surface area contributed by atoms with Gasteiger partial charge in [-0.05, 0) is 98.6 Å². The molecular weight excluding hydrogens is 849 g/mol. The molecule has 3 nitrogen and oxygen atoms in total. The lowest BCUT2D eigenvalue weighted by Gasteiger charge is -2.39. The first kappa shape index (κ1) is 38.9. The molecule has 70 heavy (non-hydrogen) atoms. The van der Waals surface area contributed by atoms with E-state index in [0.717, 1.165) is 61.3 Å². The Labute approximate surface area is 405 Å². The van der Waals surface area contributed by atoms with Gasteiger partial charge < -0.3 is 13.9 Å². The average molecular weight is 891 g/mol. The second-order valence-corrected chi connectivity index (χ2v) is 18.7. The minimum Gasteiger partial charge on any atom is -0.455 e. The van der Waals surface area contributed by atoms with E-state index in [1.807, 2.05) is 6.07 Å². The van der Waals surface area contributed by atoms with Gasteiger partial charge in [-0.25, -0.2) is 0 Å². The second-order valence-electron chi connectivity index (χ2n) is 18.7. The SMILES string of the molecule is c1ccc(-c2cccc(-c3ccccc3N(c3cccc(-c4cccc5c4oc4ccccc45)c3)c3cccc4c3-c3ccccc3C43c4ccccc4-n4c5ccccc5c5cccc3c54)c2)cc1. The highest BCUT2D eigenvalue weighted by Crippen LogP contribution is 2.63. The molecule has 0 amide bonds. The molecule has 3 heteroatoms. The van der Waals surface area contributed by atoms with Crippen LogP contribution < -0.4 is 4.90 Å². The minimum absolute atomic E-state index is 0.601. The number of fused-ring (bicyclic) bond motifs is 15. The molecule has 0 N–H and O–H groups in total. The molecule has 0 saturated heterocycles. The highest BCUT2D eigenvalue weighted by Gasteiger charge is 2.51. The van der Waals surface area contributed by atoms with Crippen LogP contribution >= 0.6 is 0 Å². The van der Waals surface area contributed by atoms with Gasteiger partial charge in [-0.15, -0.1) is 0 Å². The third-order valence-corrected chi connectivity index (χ3v) is 15.2. The van der Waals surface area contributed by atoms with E-state index in [0.29, 0.717) is 0 Å². The fraction of sp³-hybridized carbons (Fsp3) is 0.0149. The van der Waals surface area contributed by atoms with Crippen molar-refractivity contribution >= 4 is 60.8 Å². The van der Waals surface area contributed by atoms with Crippen LogP contribution in [0.5, 0.6) is 0 Å². The summed E-state index contributed by atoms with van der Waals surface area (Å²) in [4.78, 5) is 2.52. The van der Waals surface area contributed by atoms with Gasteiger partial charge in [0.25, 0.3) is 0 Å². The van der Waals surface area contributed by atoms with Crippen LogP contribution in [0.2, 0.25) is 0 Å².